The van der Waals surface area contributed by atoms with Gasteiger partial charge in [-0.2, -0.15) is 5.10 Å². The summed E-state index contributed by atoms with van der Waals surface area (Å²) in [4.78, 5) is 0. The van der Waals surface area contributed by atoms with Crippen molar-refractivity contribution in [1.29, 1.82) is 0 Å². The van der Waals surface area contributed by atoms with Crippen molar-refractivity contribution >= 4 is 10.9 Å². The van der Waals surface area contributed by atoms with E-state index in [0.717, 1.165) is 36.8 Å². The molecule has 0 bridgehead atoms. The van der Waals surface area contributed by atoms with E-state index in [1.165, 1.54) is 44.5 Å². The van der Waals surface area contributed by atoms with Gasteiger partial charge in [0.25, 0.3) is 0 Å². The van der Waals surface area contributed by atoms with E-state index >= 15 is 0 Å². The molecule has 0 spiro atoms. The summed E-state index contributed by atoms with van der Waals surface area (Å²) in [5.41, 5.74) is 10.7. The molecule has 3 heteroatoms. The maximum atomic E-state index is 6.33. The van der Waals surface area contributed by atoms with Crippen LogP contribution in [0.1, 0.15) is 25.5 Å². The van der Waals surface area contributed by atoms with Crippen LogP contribution in [0.5, 0.6) is 0 Å². The molecule has 7 rings (SSSR count). The van der Waals surface area contributed by atoms with Crippen molar-refractivity contribution < 1.29 is 4.74 Å². The minimum atomic E-state index is -0.0754. The second-order valence-corrected chi connectivity index (χ2v) is 10.1. The summed E-state index contributed by atoms with van der Waals surface area (Å²) in [6.45, 7) is 0.770. The first-order valence-corrected chi connectivity index (χ1v) is 13.8. The molecule has 1 unspecified atom stereocenters. The van der Waals surface area contributed by atoms with E-state index in [9.17, 15) is 0 Å². The highest BCUT2D eigenvalue weighted by molar-refractivity contribution is 6.17. The van der Waals surface area contributed by atoms with E-state index in [0.29, 0.717) is 0 Å². The Morgan fingerprint density at radius 1 is 0.538 bits per heavy atom. The Hall–Kier alpha value is -4.47. The number of rotatable bonds is 5. The zero-order valence-corrected chi connectivity index (χ0v) is 21.8. The Bertz CT molecular complexity index is 1700. The van der Waals surface area contributed by atoms with E-state index in [2.05, 4.69) is 132 Å². The van der Waals surface area contributed by atoms with Crippen molar-refractivity contribution in [1.82, 2.24) is 9.78 Å². The van der Waals surface area contributed by atoms with Crippen molar-refractivity contribution in [2.45, 2.75) is 25.5 Å². The van der Waals surface area contributed by atoms with Crippen molar-refractivity contribution in [3.63, 3.8) is 0 Å². The lowest BCUT2D eigenvalue weighted by molar-refractivity contribution is -0.0366. The van der Waals surface area contributed by atoms with Crippen LogP contribution in [-0.2, 0) is 4.74 Å². The summed E-state index contributed by atoms with van der Waals surface area (Å²) < 4.78 is 8.49. The average Bonchev–Trinajstić information content (AvgIpc) is 3.47. The largest absolute Gasteiger partial charge is 0.356 e. The van der Waals surface area contributed by atoms with E-state index in [1.54, 1.807) is 0 Å². The molecule has 39 heavy (non-hydrogen) atoms. The maximum absolute atomic E-state index is 6.33. The third kappa shape index (κ3) is 4.25. The molecule has 0 aliphatic carbocycles. The van der Waals surface area contributed by atoms with E-state index in [-0.39, 0.29) is 6.23 Å². The summed E-state index contributed by atoms with van der Waals surface area (Å²) in [7, 11) is 0. The van der Waals surface area contributed by atoms with Crippen LogP contribution in [-0.4, -0.2) is 16.4 Å². The van der Waals surface area contributed by atoms with Gasteiger partial charge < -0.3 is 4.74 Å². The molecule has 0 radical (unpaired) electrons. The summed E-state index contributed by atoms with van der Waals surface area (Å²) in [6, 6.07) is 43.1. The fourth-order valence-electron chi connectivity index (χ4n) is 6.01. The fraction of sp³-hybridized carbons (Fsp3) is 0.139. The van der Waals surface area contributed by atoms with Crippen LogP contribution in [0.3, 0.4) is 0 Å². The van der Waals surface area contributed by atoms with Crippen LogP contribution in [0.4, 0.5) is 0 Å². The molecule has 190 valence electrons. The smallest absolute Gasteiger partial charge is 0.150 e. The van der Waals surface area contributed by atoms with Crippen molar-refractivity contribution in [2.24, 2.45) is 0 Å². The lowest BCUT2D eigenvalue weighted by Gasteiger charge is -2.27. The summed E-state index contributed by atoms with van der Waals surface area (Å²) in [5, 5.41) is 6.20. The topological polar surface area (TPSA) is 27.1 Å². The number of hydrogen-bond donors (Lipinski definition) is 0. The van der Waals surface area contributed by atoms with Gasteiger partial charge in [0.15, 0.2) is 6.23 Å². The first kappa shape index (κ1) is 23.6. The number of aromatic nitrogens is 2. The van der Waals surface area contributed by atoms with Crippen LogP contribution in [0.25, 0.3) is 55.4 Å². The molecule has 1 atom stereocenters. The number of nitrogens with zero attached hydrogens (tertiary/aromatic N) is 2. The highest BCUT2D eigenvalue weighted by atomic mass is 16.5. The zero-order valence-electron chi connectivity index (χ0n) is 21.8. The van der Waals surface area contributed by atoms with Gasteiger partial charge in [0, 0.05) is 28.7 Å². The standard InChI is InChI=1S/C36H30N2O/c1-5-15-26(16-6-1)32-30-25-37-38(31-23-13-14-24-39-31)36(30)35(29-21-11-4-12-22-29)34(28-19-9-3-10-20-28)33(32)27-17-7-2-8-18-27/h1-12,15-22,25,31H,13-14,23-24H2. The Kier molecular flexibility index (Phi) is 6.28. The maximum Gasteiger partial charge on any atom is 0.150 e. The van der Waals surface area contributed by atoms with Gasteiger partial charge in [-0.3, -0.25) is 0 Å². The molecule has 1 aromatic heterocycles. The third-order valence-electron chi connectivity index (χ3n) is 7.73. The average molecular weight is 507 g/mol. The molecular formula is C36H30N2O. The van der Waals surface area contributed by atoms with E-state index in [1.807, 2.05) is 0 Å². The van der Waals surface area contributed by atoms with Crippen molar-refractivity contribution in [3.05, 3.63) is 128 Å². The molecule has 0 N–H and O–H groups in total. The first-order valence-electron chi connectivity index (χ1n) is 13.8. The normalized spacial score (nSPS) is 15.4. The lowest BCUT2D eigenvalue weighted by Crippen LogP contribution is -2.19. The Balaban J connectivity index is 1.71. The van der Waals surface area contributed by atoms with E-state index in [4.69, 9.17) is 9.84 Å². The van der Waals surface area contributed by atoms with Crippen LogP contribution < -0.4 is 0 Å². The number of benzene rings is 5. The summed E-state index contributed by atoms with van der Waals surface area (Å²) in [5.74, 6) is 0. The number of ether oxygens (including phenoxy) is 1. The van der Waals surface area contributed by atoms with Crippen molar-refractivity contribution in [3.8, 4) is 44.5 Å². The highest BCUT2D eigenvalue weighted by Crippen LogP contribution is 2.51. The van der Waals surface area contributed by atoms with Crippen LogP contribution >= 0.6 is 0 Å². The quantitative estimate of drug-likeness (QED) is 0.233. The van der Waals surface area contributed by atoms with Gasteiger partial charge in [-0.15, -0.1) is 0 Å². The molecule has 6 aromatic rings. The van der Waals surface area contributed by atoms with Gasteiger partial charge in [0.1, 0.15) is 0 Å². The second-order valence-electron chi connectivity index (χ2n) is 10.1. The number of hydrogen-bond acceptors (Lipinski definition) is 2. The van der Waals surface area contributed by atoms with Crippen LogP contribution in [0, 0.1) is 0 Å². The molecule has 0 amide bonds. The molecule has 5 aromatic carbocycles. The molecule has 1 fully saturated rings. The molecule has 3 nitrogen and oxygen atoms in total. The summed E-state index contributed by atoms with van der Waals surface area (Å²) in [6.07, 6.45) is 5.19. The molecule has 0 saturated carbocycles. The third-order valence-corrected chi connectivity index (χ3v) is 7.73. The van der Waals surface area contributed by atoms with Crippen LogP contribution in [0.2, 0.25) is 0 Å². The summed E-state index contributed by atoms with van der Waals surface area (Å²) >= 11 is 0. The second kappa shape index (κ2) is 10.4. The molecule has 1 aliphatic rings. The van der Waals surface area contributed by atoms with Gasteiger partial charge in [0.2, 0.25) is 0 Å². The van der Waals surface area contributed by atoms with Crippen molar-refractivity contribution in [2.75, 3.05) is 6.61 Å². The number of fused-ring (bicyclic) bond motifs is 1. The Labute approximate surface area is 229 Å². The monoisotopic (exact) mass is 506 g/mol. The molecule has 1 aliphatic heterocycles. The Morgan fingerprint density at radius 3 is 1.49 bits per heavy atom. The predicted molar refractivity (Wildman–Crippen MR) is 160 cm³/mol. The molecule has 1 saturated heterocycles. The van der Waals surface area contributed by atoms with E-state index < -0.39 is 0 Å². The fourth-order valence-corrected chi connectivity index (χ4v) is 6.01. The van der Waals surface area contributed by atoms with Gasteiger partial charge in [-0.1, -0.05) is 121 Å². The highest BCUT2D eigenvalue weighted by Gasteiger charge is 2.28. The van der Waals surface area contributed by atoms with Gasteiger partial charge in [0.05, 0.1) is 11.7 Å². The predicted octanol–water partition coefficient (Wildman–Crippen LogP) is 9.40. The van der Waals surface area contributed by atoms with Gasteiger partial charge in [-0.05, 0) is 47.1 Å². The zero-order chi connectivity index (χ0) is 26.0. The van der Waals surface area contributed by atoms with Gasteiger partial charge in [-0.25, -0.2) is 4.68 Å². The Morgan fingerprint density at radius 2 is 1.00 bits per heavy atom. The minimum absolute atomic E-state index is 0.0754. The lowest BCUT2D eigenvalue weighted by atomic mass is 9.80. The minimum Gasteiger partial charge on any atom is -0.356 e. The SMILES string of the molecule is c1ccc(-c2c(-c3ccccc3)c(-c3ccccc3)c3c(cnn3C3CCCCO3)c2-c2ccccc2)cc1. The van der Waals surface area contributed by atoms with Gasteiger partial charge >= 0.3 is 0 Å². The first-order chi connectivity index (χ1) is 19.4. The molecular weight excluding hydrogens is 476 g/mol. The van der Waals surface area contributed by atoms with Crippen LogP contribution in [0.15, 0.2) is 128 Å². The molecule has 2 heterocycles.